The molecule has 0 aliphatic carbocycles. The molecule has 0 aliphatic rings. The van der Waals surface area contributed by atoms with Gasteiger partial charge in [0.1, 0.15) is 0 Å². The van der Waals surface area contributed by atoms with Crippen LogP contribution < -0.4 is 5.32 Å². The van der Waals surface area contributed by atoms with Gasteiger partial charge >= 0.3 is 0 Å². The van der Waals surface area contributed by atoms with Crippen LogP contribution in [0.5, 0.6) is 0 Å². The summed E-state index contributed by atoms with van der Waals surface area (Å²) in [5.41, 5.74) is 0.746. The van der Waals surface area contributed by atoms with Crippen LogP contribution in [-0.2, 0) is 11.3 Å². The molecular formula is C20H21ClN4O4. The van der Waals surface area contributed by atoms with E-state index in [1.54, 1.807) is 41.3 Å². The molecule has 2 heterocycles. The molecule has 9 heteroatoms. The fourth-order valence-electron chi connectivity index (χ4n) is 2.65. The zero-order chi connectivity index (χ0) is 20.8. The largest absolute Gasteiger partial charge is 0.459 e. The number of amides is 2. The number of benzene rings is 1. The Balaban J connectivity index is 1.57. The molecule has 0 spiro atoms. The van der Waals surface area contributed by atoms with E-state index in [2.05, 4.69) is 15.5 Å². The van der Waals surface area contributed by atoms with Crippen LogP contribution in [-0.4, -0.2) is 39.5 Å². The molecule has 8 nitrogen and oxygen atoms in total. The zero-order valence-electron chi connectivity index (χ0n) is 16.1. The van der Waals surface area contributed by atoms with Gasteiger partial charge in [0.05, 0.1) is 12.8 Å². The van der Waals surface area contributed by atoms with E-state index in [4.69, 9.17) is 20.4 Å². The van der Waals surface area contributed by atoms with Crippen molar-refractivity contribution in [3.63, 3.8) is 0 Å². The second-order valence-electron chi connectivity index (χ2n) is 6.61. The molecule has 2 amide bonds. The van der Waals surface area contributed by atoms with Gasteiger partial charge in [0.15, 0.2) is 5.76 Å². The Morgan fingerprint density at radius 1 is 1.17 bits per heavy atom. The van der Waals surface area contributed by atoms with Crippen LogP contribution >= 0.6 is 11.6 Å². The number of furan rings is 1. The second kappa shape index (κ2) is 9.38. The second-order valence-corrected chi connectivity index (χ2v) is 7.04. The third kappa shape index (κ3) is 5.45. The summed E-state index contributed by atoms with van der Waals surface area (Å²) in [6.45, 7) is 4.18. The van der Waals surface area contributed by atoms with Gasteiger partial charge in [-0.15, -0.1) is 10.2 Å². The monoisotopic (exact) mass is 416 g/mol. The van der Waals surface area contributed by atoms with Crippen LogP contribution in [0.2, 0.25) is 5.02 Å². The highest BCUT2D eigenvalue weighted by molar-refractivity contribution is 6.30. The lowest BCUT2D eigenvalue weighted by Gasteiger charge is -2.25. The maximum absolute atomic E-state index is 12.6. The quantitative estimate of drug-likeness (QED) is 0.602. The number of rotatable bonds is 8. The smallest absolute Gasteiger partial charge is 0.286 e. The highest BCUT2D eigenvalue weighted by Crippen LogP contribution is 2.21. The summed E-state index contributed by atoms with van der Waals surface area (Å²) in [7, 11) is 0. The van der Waals surface area contributed by atoms with Gasteiger partial charge in [0, 0.05) is 29.6 Å². The molecule has 0 atom stereocenters. The third-order valence-corrected chi connectivity index (χ3v) is 4.43. The van der Waals surface area contributed by atoms with Crippen molar-refractivity contribution < 1.29 is 18.4 Å². The first kappa shape index (κ1) is 20.6. The van der Waals surface area contributed by atoms with Gasteiger partial charge in [-0.05, 0) is 50.2 Å². The molecule has 0 unspecified atom stereocenters. The minimum Gasteiger partial charge on any atom is -0.459 e. The van der Waals surface area contributed by atoms with Crippen molar-refractivity contribution in [2.75, 3.05) is 6.54 Å². The molecule has 2 aromatic heterocycles. The number of hydrogen-bond donors (Lipinski definition) is 1. The number of carbonyl (C=O) groups is 2. The lowest BCUT2D eigenvalue weighted by Crippen LogP contribution is -2.38. The summed E-state index contributed by atoms with van der Waals surface area (Å²) in [6.07, 6.45) is 1.56. The van der Waals surface area contributed by atoms with Crippen molar-refractivity contribution in [3.8, 4) is 11.5 Å². The normalized spacial score (nSPS) is 10.9. The number of carbonyl (C=O) groups excluding carboxylic acids is 2. The summed E-state index contributed by atoms with van der Waals surface area (Å²) in [5, 5.41) is 11.3. The van der Waals surface area contributed by atoms with Gasteiger partial charge in [-0.1, -0.05) is 11.6 Å². The Morgan fingerprint density at radius 2 is 1.93 bits per heavy atom. The SMILES string of the molecule is CC(C)N(Cc1nnc(-c2ccc(Cl)cc2)o1)C(=O)CCNC(=O)c1ccco1. The summed E-state index contributed by atoms with van der Waals surface area (Å²) in [6, 6.07) is 10.2. The Kier molecular flexibility index (Phi) is 6.66. The number of nitrogens with one attached hydrogen (secondary N) is 1. The Morgan fingerprint density at radius 3 is 2.59 bits per heavy atom. The number of nitrogens with zero attached hydrogens (tertiary/aromatic N) is 3. The predicted octanol–water partition coefficient (Wildman–Crippen LogP) is 3.54. The van der Waals surface area contributed by atoms with E-state index in [0.717, 1.165) is 5.56 Å². The molecular weight excluding hydrogens is 396 g/mol. The molecule has 3 rings (SSSR count). The molecule has 0 saturated heterocycles. The number of aromatic nitrogens is 2. The molecule has 1 N–H and O–H groups in total. The van der Waals surface area contributed by atoms with Crippen LogP contribution in [0.3, 0.4) is 0 Å². The first-order valence-corrected chi connectivity index (χ1v) is 9.51. The molecule has 0 bridgehead atoms. The minimum absolute atomic E-state index is 0.0749. The lowest BCUT2D eigenvalue weighted by atomic mass is 10.2. The molecule has 3 aromatic rings. The Bertz CT molecular complexity index is 951. The number of halogens is 1. The number of hydrogen-bond acceptors (Lipinski definition) is 6. The van der Waals surface area contributed by atoms with Gasteiger partial charge in [0.25, 0.3) is 5.91 Å². The molecule has 0 aliphatic heterocycles. The van der Waals surface area contributed by atoms with Gasteiger partial charge in [-0.3, -0.25) is 9.59 Å². The van der Waals surface area contributed by atoms with Crippen molar-refractivity contribution in [1.82, 2.24) is 20.4 Å². The standard InChI is InChI=1S/C20H21ClN4O4/c1-13(2)25(18(26)9-10-22-19(27)16-4-3-11-28-16)12-17-23-24-20(29-17)14-5-7-15(21)8-6-14/h3-8,11,13H,9-10,12H2,1-2H3,(H,22,27). The first-order chi connectivity index (χ1) is 13.9. The van der Waals surface area contributed by atoms with E-state index in [-0.39, 0.29) is 43.1 Å². The summed E-state index contributed by atoms with van der Waals surface area (Å²) in [5.74, 6) is 0.406. The van der Waals surface area contributed by atoms with Crippen LogP contribution in [0, 0.1) is 0 Å². The summed E-state index contributed by atoms with van der Waals surface area (Å²) < 4.78 is 10.7. The van der Waals surface area contributed by atoms with Crippen LogP contribution in [0.15, 0.2) is 51.5 Å². The van der Waals surface area contributed by atoms with Crippen molar-refractivity contribution in [3.05, 3.63) is 59.3 Å². The third-order valence-electron chi connectivity index (χ3n) is 4.18. The fraction of sp³-hybridized carbons (Fsp3) is 0.300. The van der Waals surface area contributed by atoms with Gasteiger partial charge < -0.3 is 19.1 Å². The van der Waals surface area contributed by atoms with Gasteiger partial charge in [0.2, 0.25) is 17.7 Å². The van der Waals surface area contributed by atoms with Gasteiger partial charge in [-0.25, -0.2) is 0 Å². The minimum atomic E-state index is -0.358. The summed E-state index contributed by atoms with van der Waals surface area (Å²) >= 11 is 5.89. The van der Waals surface area contributed by atoms with Crippen LogP contribution in [0.1, 0.15) is 36.7 Å². The molecule has 0 fully saturated rings. The fourth-order valence-corrected chi connectivity index (χ4v) is 2.78. The molecule has 0 saturated carbocycles. The van der Waals surface area contributed by atoms with Crippen molar-refractivity contribution >= 4 is 23.4 Å². The highest BCUT2D eigenvalue weighted by Gasteiger charge is 2.21. The molecule has 1 aromatic carbocycles. The average molecular weight is 417 g/mol. The zero-order valence-corrected chi connectivity index (χ0v) is 16.8. The van der Waals surface area contributed by atoms with E-state index < -0.39 is 0 Å². The van der Waals surface area contributed by atoms with E-state index in [0.29, 0.717) is 16.8 Å². The van der Waals surface area contributed by atoms with Crippen molar-refractivity contribution in [2.24, 2.45) is 0 Å². The van der Waals surface area contributed by atoms with E-state index in [1.807, 2.05) is 13.8 Å². The highest BCUT2D eigenvalue weighted by atomic mass is 35.5. The van der Waals surface area contributed by atoms with Crippen LogP contribution in [0.25, 0.3) is 11.5 Å². The van der Waals surface area contributed by atoms with Crippen molar-refractivity contribution in [1.29, 1.82) is 0 Å². The van der Waals surface area contributed by atoms with E-state index in [9.17, 15) is 9.59 Å². The van der Waals surface area contributed by atoms with E-state index >= 15 is 0 Å². The maximum atomic E-state index is 12.6. The van der Waals surface area contributed by atoms with Crippen molar-refractivity contribution in [2.45, 2.75) is 32.9 Å². The Hall–Kier alpha value is -3.13. The predicted molar refractivity (Wildman–Crippen MR) is 106 cm³/mol. The summed E-state index contributed by atoms with van der Waals surface area (Å²) in [4.78, 5) is 26.1. The average Bonchev–Trinajstić information content (AvgIpc) is 3.38. The lowest BCUT2D eigenvalue weighted by molar-refractivity contribution is -0.133. The molecule has 29 heavy (non-hydrogen) atoms. The van der Waals surface area contributed by atoms with E-state index in [1.165, 1.54) is 6.26 Å². The topological polar surface area (TPSA) is 101 Å². The molecule has 152 valence electrons. The van der Waals surface area contributed by atoms with Gasteiger partial charge in [-0.2, -0.15) is 0 Å². The van der Waals surface area contributed by atoms with Crippen LogP contribution in [0.4, 0.5) is 0 Å². The first-order valence-electron chi connectivity index (χ1n) is 9.13. The Labute approximate surface area is 172 Å². The maximum Gasteiger partial charge on any atom is 0.286 e. The molecule has 0 radical (unpaired) electrons.